The lowest BCUT2D eigenvalue weighted by Gasteiger charge is -2.24. The molecule has 4 aromatic carbocycles. The smallest absolute Gasteiger partial charge is 0.196 e. The Labute approximate surface area is 386 Å². The highest BCUT2D eigenvalue weighted by molar-refractivity contribution is 6.33. The fraction of sp³-hybridized carbons (Fsp3) is 0.440. The number of ether oxygens (including phenoxy) is 4. The minimum Gasteiger partial charge on any atom is -0.396 e. The standard InChI is InChI=1S/C26H34N2O6.C24H30N2O6/c29-13-5-17-33-15-3-11-27-21-9-10-22(28-12-4-16-34-18-6-14-30)24-23(21)25(31)19-7-1-2-8-20(19)26(24)32;27-11-3-13-31-15-9-25-19-7-8-20(26-10-16-32-14-4-12-28)22-21(19)23(29)17-5-1-2-6-18(17)24(22)30/h1-2,7-10,27-30H,3-6,11-18H2;1-2,5-8,25-28H,3-4,9-16H2. The zero-order valence-corrected chi connectivity index (χ0v) is 37.5. The number of fused-ring (bicyclic) bond motifs is 4. The van der Waals surface area contributed by atoms with Crippen molar-refractivity contribution in [1.82, 2.24) is 0 Å². The molecular formula is C50H64N4O12. The highest BCUT2D eigenvalue weighted by atomic mass is 16.5. The average Bonchev–Trinajstić information content (AvgIpc) is 3.34. The summed E-state index contributed by atoms with van der Waals surface area (Å²) < 4.78 is 21.8. The Kier molecular flexibility index (Phi) is 22.2. The maximum absolute atomic E-state index is 13.4. The van der Waals surface area contributed by atoms with Crippen molar-refractivity contribution in [1.29, 1.82) is 0 Å². The van der Waals surface area contributed by atoms with Crippen LogP contribution in [0.4, 0.5) is 22.7 Å². The summed E-state index contributed by atoms with van der Waals surface area (Å²) in [6, 6.07) is 21.0. The summed E-state index contributed by atoms with van der Waals surface area (Å²) in [6.45, 7) is 6.37. The monoisotopic (exact) mass is 912 g/mol. The topological polar surface area (TPSA) is 234 Å². The average molecular weight is 913 g/mol. The maximum atomic E-state index is 13.4. The van der Waals surface area contributed by atoms with Gasteiger partial charge in [-0.3, -0.25) is 19.2 Å². The van der Waals surface area contributed by atoms with E-state index in [0.29, 0.717) is 172 Å². The van der Waals surface area contributed by atoms with E-state index in [2.05, 4.69) is 21.3 Å². The van der Waals surface area contributed by atoms with E-state index in [1.54, 1.807) is 60.7 Å². The molecule has 6 rings (SSSR count). The second kappa shape index (κ2) is 28.5. The molecule has 4 aromatic rings. The molecule has 16 nitrogen and oxygen atoms in total. The summed E-state index contributed by atoms with van der Waals surface area (Å²) in [5, 5.41) is 48.3. The van der Waals surface area contributed by atoms with E-state index in [-0.39, 0.29) is 49.6 Å². The van der Waals surface area contributed by atoms with E-state index in [1.807, 2.05) is 12.1 Å². The summed E-state index contributed by atoms with van der Waals surface area (Å²) in [7, 11) is 0. The summed E-state index contributed by atoms with van der Waals surface area (Å²) in [5.41, 5.74) is 5.59. The van der Waals surface area contributed by atoms with E-state index >= 15 is 0 Å². The number of ketones is 4. The van der Waals surface area contributed by atoms with Crippen molar-refractivity contribution in [3.8, 4) is 0 Å². The number of aliphatic hydroxyl groups is 4. The second-order valence-corrected chi connectivity index (χ2v) is 15.4. The van der Waals surface area contributed by atoms with Gasteiger partial charge in [-0.05, 0) is 62.8 Å². The van der Waals surface area contributed by atoms with E-state index in [9.17, 15) is 19.2 Å². The van der Waals surface area contributed by atoms with Crippen LogP contribution >= 0.6 is 0 Å². The lowest BCUT2D eigenvalue weighted by Crippen LogP contribution is -2.25. The molecular weight excluding hydrogens is 849 g/mol. The first-order valence-electron chi connectivity index (χ1n) is 22.8. The third-order valence-corrected chi connectivity index (χ3v) is 10.6. The van der Waals surface area contributed by atoms with Crippen molar-refractivity contribution in [3.05, 3.63) is 117 Å². The van der Waals surface area contributed by atoms with Crippen LogP contribution in [0, 0.1) is 0 Å². The molecule has 0 saturated carbocycles. The van der Waals surface area contributed by atoms with Crippen LogP contribution in [0.1, 0.15) is 102 Å². The Morgan fingerprint density at radius 3 is 0.833 bits per heavy atom. The largest absolute Gasteiger partial charge is 0.396 e. The van der Waals surface area contributed by atoms with E-state index in [0.717, 1.165) is 12.8 Å². The summed E-state index contributed by atoms with van der Waals surface area (Å²) in [6.07, 6.45) is 3.83. The Morgan fingerprint density at radius 2 is 0.561 bits per heavy atom. The Balaban J connectivity index is 0.000000248. The molecule has 0 aromatic heterocycles. The van der Waals surface area contributed by atoms with Gasteiger partial charge < -0.3 is 60.6 Å². The van der Waals surface area contributed by atoms with Crippen LogP contribution in [-0.4, -0.2) is 149 Å². The number of nitrogens with one attached hydrogen (secondary N) is 4. The molecule has 0 spiro atoms. The SMILES string of the molecule is O=C1c2ccccc2C(=O)c2c(NCCCOCCCO)ccc(NCCCOCCCO)c21.O=C1c2ccccc2C(=O)c2c(NCCOCCCO)ccc(NCCOCCCO)c21. The lowest BCUT2D eigenvalue weighted by molar-refractivity contribution is 0.0980. The fourth-order valence-electron chi connectivity index (χ4n) is 7.42. The number of carbonyl (C=O) groups is 4. The summed E-state index contributed by atoms with van der Waals surface area (Å²) >= 11 is 0. The molecule has 0 radical (unpaired) electrons. The molecule has 0 heterocycles. The molecule has 0 amide bonds. The van der Waals surface area contributed by atoms with Gasteiger partial charge in [-0.2, -0.15) is 0 Å². The molecule has 2 aliphatic rings. The van der Waals surface area contributed by atoms with Crippen LogP contribution in [0.25, 0.3) is 0 Å². The zero-order valence-electron chi connectivity index (χ0n) is 37.5. The number of anilines is 4. The van der Waals surface area contributed by atoms with Gasteiger partial charge in [-0.15, -0.1) is 0 Å². The Hall–Kier alpha value is -5.56. The van der Waals surface area contributed by atoms with Crippen molar-refractivity contribution in [2.24, 2.45) is 0 Å². The lowest BCUT2D eigenvalue weighted by atomic mass is 9.82. The second-order valence-electron chi connectivity index (χ2n) is 15.4. The van der Waals surface area contributed by atoms with Gasteiger partial charge in [0.1, 0.15) is 0 Å². The van der Waals surface area contributed by atoms with Gasteiger partial charge in [0.25, 0.3) is 0 Å². The van der Waals surface area contributed by atoms with E-state index < -0.39 is 0 Å². The molecule has 66 heavy (non-hydrogen) atoms. The fourth-order valence-corrected chi connectivity index (χ4v) is 7.42. The third-order valence-electron chi connectivity index (χ3n) is 10.6. The van der Waals surface area contributed by atoms with Crippen LogP contribution < -0.4 is 21.3 Å². The van der Waals surface area contributed by atoms with E-state index in [1.165, 1.54) is 0 Å². The molecule has 356 valence electrons. The molecule has 0 saturated heterocycles. The van der Waals surface area contributed by atoms with Gasteiger partial charge in [0, 0.05) is 137 Å². The number of carbonyl (C=O) groups excluding carboxylic acids is 4. The normalized spacial score (nSPS) is 12.4. The molecule has 0 fully saturated rings. The quantitative estimate of drug-likeness (QED) is 0.0279. The molecule has 0 bridgehead atoms. The van der Waals surface area contributed by atoms with Crippen LogP contribution in [0.15, 0.2) is 72.8 Å². The van der Waals surface area contributed by atoms with Crippen LogP contribution in [-0.2, 0) is 18.9 Å². The van der Waals surface area contributed by atoms with Crippen molar-refractivity contribution in [3.63, 3.8) is 0 Å². The van der Waals surface area contributed by atoms with Crippen molar-refractivity contribution in [2.45, 2.75) is 38.5 Å². The highest BCUT2D eigenvalue weighted by Gasteiger charge is 2.35. The number of aliphatic hydroxyl groups excluding tert-OH is 4. The number of hydrogen-bond donors (Lipinski definition) is 8. The first-order chi connectivity index (χ1) is 32.4. The van der Waals surface area contributed by atoms with Crippen molar-refractivity contribution >= 4 is 45.9 Å². The van der Waals surface area contributed by atoms with Gasteiger partial charge in [-0.25, -0.2) is 0 Å². The van der Waals surface area contributed by atoms with Gasteiger partial charge in [0.15, 0.2) is 23.1 Å². The predicted octanol–water partition coefficient (Wildman–Crippen LogP) is 4.95. The van der Waals surface area contributed by atoms with Crippen LogP contribution in [0.3, 0.4) is 0 Å². The number of rotatable bonds is 30. The summed E-state index contributed by atoms with van der Waals surface area (Å²) in [4.78, 5) is 53.4. The first kappa shape index (κ1) is 51.4. The van der Waals surface area contributed by atoms with Gasteiger partial charge in [-0.1, -0.05) is 48.5 Å². The number of hydrogen-bond acceptors (Lipinski definition) is 16. The van der Waals surface area contributed by atoms with Crippen molar-refractivity contribution < 1.29 is 58.6 Å². The molecule has 16 heteroatoms. The van der Waals surface area contributed by atoms with Gasteiger partial charge in [0.05, 0.1) is 35.5 Å². The highest BCUT2D eigenvalue weighted by Crippen LogP contribution is 2.38. The van der Waals surface area contributed by atoms with Crippen LogP contribution in [0.2, 0.25) is 0 Å². The first-order valence-corrected chi connectivity index (χ1v) is 22.8. The minimum absolute atomic E-state index is 0.0812. The maximum Gasteiger partial charge on any atom is 0.196 e. The predicted molar refractivity (Wildman–Crippen MR) is 253 cm³/mol. The summed E-state index contributed by atoms with van der Waals surface area (Å²) in [5.74, 6) is -0.714. The molecule has 8 N–H and O–H groups in total. The molecule has 0 atom stereocenters. The zero-order chi connectivity index (χ0) is 46.9. The molecule has 0 unspecified atom stereocenters. The Bertz CT molecular complexity index is 2050. The van der Waals surface area contributed by atoms with Crippen LogP contribution in [0.5, 0.6) is 0 Å². The Morgan fingerprint density at radius 1 is 0.318 bits per heavy atom. The van der Waals surface area contributed by atoms with Crippen molar-refractivity contribution in [2.75, 3.05) is 127 Å². The third kappa shape index (κ3) is 14.2. The van der Waals surface area contributed by atoms with Gasteiger partial charge >= 0.3 is 0 Å². The number of benzene rings is 4. The van der Waals surface area contributed by atoms with Gasteiger partial charge in [0.2, 0.25) is 0 Å². The minimum atomic E-state index is -0.193. The molecule has 2 aliphatic carbocycles. The van der Waals surface area contributed by atoms with E-state index in [4.69, 9.17) is 39.4 Å². The molecule has 0 aliphatic heterocycles.